The number of pyridine rings is 1. The van der Waals surface area contributed by atoms with Crippen LogP contribution in [0.3, 0.4) is 0 Å². The topological polar surface area (TPSA) is 53.8 Å². The number of aldehydes is 1. The van der Waals surface area contributed by atoms with Crippen LogP contribution in [0, 0.1) is 29.0 Å². The zero-order valence-electron chi connectivity index (χ0n) is 6.41. The first-order valence-electron chi connectivity index (χ1n) is 3.28. The van der Waals surface area contributed by atoms with Crippen LogP contribution in [0.4, 0.5) is 4.39 Å². The maximum Gasteiger partial charge on any atom is 0.193 e. The van der Waals surface area contributed by atoms with Gasteiger partial charge in [-0.25, -0.2) is 9.37 Å². The molecule has 1 aromatic heterocycles. The van der Waals surface area contributed by atoms with E-state index in [4.69, 9.17) is 5.26 Å². The molecule has 0 saturated carbocycles. The predicted molar refractivity (Wildman–Crippen MR) is 41.9 cm³/mol. The average Bonchev–Trinajstić information content (AvgIpc) is 2.15. The van der Waals surface area contributed by atoms with Crippen molar-refractivity contribution in [3.8, 4) is 17.9 Å². The molecule has 0 aliphatic heterocycles. The standard InChI is InChI=1S/C9H3FN2O/c10-8-4-7(2-1-3-13)6-12-9(8)5-11/h3-4,6H. The lowest BCUT2D eigenvalue weighted by atomic mass is 10.2. The monoisotopic (exact) mass is 174 g/mol. The minimum absolute atomic E-state index is 0.267. The molecule has 1 aromatic rings. The third-order valence-electron chi connectivity index (χ3n) is 1.22. The molecule has 0 radical (unpaired) electrons. The largest absolute Gasteiger partial charge is 0.289 e. The first kappa shape index (κ1) is 8.89. The molecule has 1 heterocycles. The molecule has 3 nitrogen and oxygen atoms in total. The van der Waals surface area contributed by atoms with Crippen LogP contribution in [0.15, 0.2) is 12.3 Å². The van der Waals surface area contributed by atoms with Crippen molar-refractivity contribution in [2.45, 2.75) is 0 Å². The quantitative estimate of drug-likeness (QED) is 0.428. The van der Waals surface area contributed by atoms with E-state index in [2.05, 4.69) is 16.8 Å². The van der Waals surface area contributed by atoms with Crippen molar-refractivity contribution in [1.82, 2.24) is 4.98 Å². The first-order chi connectivity index (χ1) is 6.27. The molecule has 13 heavy (non-hydrogen) atoms. The summed E-state index contributed by atoms with van der Waals surface area (Å²) in [4.78, 5) is 13.3. The number of hydrogen-bond acceptors (Lipinski definition) is 3. The number of carbonyl (C=O) groups excluding carboxylic acids is 1. The zero-order valence-corrected chi connectivity index (χ0v) is 6.41. The Hall–Kier alpha value is -2.20. The van der Waals surface area contributed by atoms with Crippen molar-refractivity contribution in [3.05, 3.63) is 29.3 Å². The van der Waals surface area contributed by atoms with Gasteiger partial charge in [0.1, 0.15) is 6.07 Å². The van der Waals surface area contributed by atoms with E-state index in [0.29, 0.717) is 6.29 Å². The van der Waals surface area contributed by atoms with Crippen LogP contribution in [-0.2, 0) is 4.79 Å². The summed E-state index contributed by atoms with van der Waals surface area (Å²) in [5, 5.41) is 8.34. The van der Waals surface area contributed by atoms with Crippen molar-refractivity contribution < 1.29 is 9.18 Å². The lowest BCUT2D eigenvalue weighted by Crippen LogP contribution is -1.90. The normalized spacial score (nSPS) is 8.00. The van der Waals surface area contributed by atoms with Gasteiger partial charge in [-0.2, -0.15) is 5.26 Å². The Kier molecular flexibility index (Phi) is 2.73. The molecule has 0 aliphatic carbocycles. The number of rotatable bonds is 0. The second-order valence-electron chi connectivity index (χ2n) is 2.05. The van der Waals surface area contributed by atoms with Gasteiger partial charge >= 0.3 is 0 Å². The Labute approximate surface area is 73.8 Å². The zero-order chi connectivity index (χ0) is 9.68. The van der Waals surface area contributed by atoms with E-state index in [-0.39, 0.29) is 11.3 Å². The van der Waals surface area contributed by atoms with E-state index < -0.39 is 5.82 Å². The maximum absolute atomic E-state index is 12.8. The van der Waals surface area contributed by atoms with Crippen molar-refractivity contribution in [1.29, 1.82) is 5.26 Å². The molecule has 0 bridgehead atoms. The Bertz CT molecular complexity index is 437. The molecule has 0 unspecified atom stereocenters. The summed E-state index contributed by atoms with van der Waals surface area (Å²) in [6.07, 6.45) is 1.63. The molecule has 0 aromatic carbocycles. The molecule has 1 rings (SSSR count). The van der Waals surface area contributed by atoms with Gasteiger partial charge in [0.25, 0.3) is 0 Å². The Morgan fingerprint density at radius 2 is 2.38 bits per heavy atom. The summed E-state index contributed by atoms with van der Waals surface area (Å²) < 4.78 is 12.8. The molecular weight excluding hydrogens is 171 g/mol. The molecule has 0 amide bonds. The van der Waals surface area contributed by atoms with Crippen molar-refractivity contribution in [3.63, 3.8) is 0 Å². The van der Waals surface area contributed by atoms with Crippen LogP contribution in [0.2, 0.25) is 0 Å². The summed E-state index contributed by atoms with van der Waals surface area (Å²) in [6.45, 7) is 0. The van der Waals surface area contributed by atoms with Crippen LogP contribution in [0.25, 0.3) is 0 Å². The highest BCUT2D eigenvalue weighted by molar-refractivity contribution is 5.73. The average molecular weight is 174 g/mol. The van der Waals surface area contributed by atoms with Gasteiger partial charge in [-0.15, -0.1) is 0 Å². The minimum Gasteiger partial charge on any atom is -0.289 e. The molecule has 0 atom stereocenters. The fraction of sp³-hybridized carbons (Fsp3) is 0. The number of halogens is 1. The van der Waals surface area contributed by atoms with Gasteiger partial charge in [-0.05, 0) is 12.0 Å². The number of hydrogen-bond donors (Lipinski definition) is 0. The van der Waals surface area contributed by atoms with E-state index in [1.807, 2.05) is 0 Å². The number of carbonyl (C=O) groups is 1. The van der Waals surface area contributed by atoms with Gasteiger partial charge in [0.05, 0.1) is 0 Å². The summed E-state index contributed by atoms with van der Waals surface area (Å²) in [6, 6.07) is 2.63. The van der Waals surface area contributed by atoms with E-state index >= 15 is 0 Å². The molecule has 0 aliphatic rings. The van der Waals surface area contributed by atoms with Gasteiger partial charge in [-0.3, -0.25) is 4.79 Å². The molecule has 0 N–H and O–H groups in total. The van der Waals surface area contributed by atoms with Crippen molar-refractivity contribution in [2.24, 2.45) is 0 Å². The van der Waals surface area contributed by atoms with E-state index in [1.54, 1.807) is 6.07 Å². The lowest BCUT2D eigenvalue weighted by molar-refractivity contribution is -0.103. The van der Waals surface area contributed by atoms with E-state index in [0.717, 1.165) is 6.07 Å². The van der Waals surface area contributed by atoms with E-state index in [1.165, 1.54) is 6.20 Å². The second kappa shape index (κ2) is 3.99. The Balaban J connectivity index is 3.11. The Morgan fingerprint density at radius 1 is 1.62 bits per heavy atom. The van der Waals surface area contributed by atoms with Crippen molar-refractivity contribution >= 4 is 6.29 Å². The van der Waals surface area contributed by atoms with Crippen LogP contribution in [0.5, 0.6) is 0 Å². The van der Waals surface area contributed by atoms with Gasteiger partial charge in [0.15, 0.2) is 17.8 Å². The fourth-order valence-corrected chi connectivity index (χ4v) is 0.701. The SMILES string of the molecule is N#Cc1ncc(C#CC=O)cc1F. The molecule has 0 spiro atoms. The van der Waals surface area contributed by atoms with Crippen molar-refractivity contribution in [2.75, 3.05) is 0 Å². The summed E-state index contributed by atoms with van der Waals surface area (Å²) >= 11 is 0. The molecule has 0 saturated heterocycles. The highest BCUT2D eigenvalue weighted by atomic mass is 19.1. The summed E-state index contributed by atoms with van der Waals surface area (Å²) in [7, 11) is 0. The summed E-state index contributed by atoms with van der Waals surface area (Å²) in [5.41, 5.74) is -0.0137. The lowest BCUT2D eigenvalue weighted by Gasteiger charge is -1.91. The van der Waals surface area contributed by atoms with Gasteiger partial charge in [0.2, 0.25) is 0 Å². The smallest absolute Gasteiger partial charge is 0.193 e. The highest BCUT2D eigenvalue weighted by Crippen LogP contribution is 2.04. The van der Waals surface area contributed by atoms with Gasteiger partial charge in [-0.1, -0.05) is 5.92 Å². The second-order valence-corrected chi connectivity index (χ2v) is 2.05. The highest BCUT2D eigenvalue weighted by Gasteiger charge is 2.01. The Morgan fingerprint density at radius 3 is 2.92 bits per heavy atom. The molecule has 0 fully saturated rings. The first-order valence-corrected chi connectivity index (χ1v) is 3.28. The molecule has 62 valence electrons. The van der Waals surface area contributed by atoms with Crippen LogP contribution < -0.4 is 0 Å². The van der Waals surface area contributed by atoms with Crippen LogP contribution in [0.1, 0.15) is 11.3 Å². The molecular formula is C9H3FN2O. The van der Waals surface area contributed by atoms with Gasteiger partial charge < -0.3 is 0 Å². The number of aromatic nitrogens is 1. The van der Waals surface area contributed by atoms with E-state index in [9.17, 15) is 9.18 Å². The minimum atomic E-state index is -0.736. The fourth-order valence-electron chi connectivity index (χ4n) is 0.701. The maximum atomic E-state index is 12.8. The third kappa shape index (κ3) is 2.11. The number of nitriles is 1. The number of nitrogens with zero attached hydrogens (tertiary/aromatic N) is 2. The van der Waals surface area contributed by atoms with Gasteiger partial charge in [0, 0.05) is 11.8 Å². The summed E-state index contributed by atoms with van der Waals surface area (Å²) in [5.74, 6) is 3.73. The predicted octanol–water partition coefficient (Wildman–Crippen LogP) is 0.643. The van der Waals surface area contributed by atoms with Crippen LogP contribution >= 0.6 is 0 Å². The molecule has 4 heteroatoms. The third-order valence-corrected chi connectivity index (χ3v) is 1.22. The van der Waals surface area contributed by atoms with Crippen LogP contribution in [-0.4, -0.2) is 11.3 Å².